The number of imide groups is 1. The van der Waals surface area contributed by atoms with Crippen LogP contribution in [-0.4, -0.2) is 41.6 Å². The number of rotatable bonds is 3. The van der Waals surface area contributed by atoms with Gasteiger partial charge in [-0.3, -0.25) is 14.5 Å². The van der Waals surface area contributed by atoms with Gasteiger partial charge in [0.05, 0.1) is 16.8 Å². The first-order valence-corrected chi connectivity index (χ1v) is 7.16. The van der Waals surface area contributed by atoms with Crippen LogP contribution in [0.2, 0.25) is 0 Å². The zero-order chi connectivity index (χ0) is 15.0. The molecule has 0 unspecified atom stereocenters. The van der Waals surface area contributed by atoms with Crippen molar-refractivity contribution in [2.75, 3.05) is 19.8 Å². The summed E-state index contributed by atoms with van der Waals surface area (Å²) in [5.74, 6) is 0.388. The Kier molecular flexibility index (Phi) is 3.63. The van der Waals surface area contributed by atoms with Crippen LogP contribution in [0.1, 0.15) is 29.9 Å². The first-order valence-electron chi connectivity index (χ1n) is 7.16. The van der Waals surface area contributed by atoms with Crippen molar-refractivity contribution in [1.82, 2.24) is 10.1 Å². The monoisotopic (exact) mass is 290 g/mol. The lowest BCUT2D eigenvalue weighted by atomic mass is 9.99. The van der Waals surface area contributed by atoms with Gasteiger partial charge in [-0.1, -0.05) is 5.16 Å². The van der Waals surface area contributed by atoms with E-state index in [2.05, 4.69) is 5.16 Å². The standard InChI is InChI=1S/C15H18N2O4/c1-9-14(10(2)21-16-9)12-7-13(18)17(15(12)19)8-11-3-5-20-6-4-11/h7,11H,3-6,8H2,1-2H3. The van der Waals surface area contributed by atoms with Crippen LogP contribution in [0.3, 0.4) is 0 Å². The molecule has 0 N–H and O–H groups in total. The molecule has 3 rings (SSSR count). The number of carbonyl (C=O) groups is 2. The second kappa shape index (κ2) is 5.44. The van der Waals surface area contributed by atoms with Crippen molar-refractivity contribution in [3.63, 3.8) is 0 Å². The smallest absolute Gasteiger partial charge is 0.261 e. The van der Waals surface area contributed by atoms with Crippen LogP contribution >= 0.6 is 0 Å². The Morgan fingerprint density at radius 1 is 1.29 bits per heavy atom. The number of amides is 2. The average molecular weight is 290 g/mol. The van der Waals surface area contributed by atoms with Gasteiger partial charge in [0.2, 0.25) is 0 Å². The van der Waals surface area contributed by atoms with Crippen LogP contribution in [0, 0.1) is 19.8 Å². The number of carbonyl (C=O) groups excluding carboxylic acids is 2. The number of nitrogens with zero attached hydrogens (tertiary/aromatic N) is 2. The van der Waals surface area contributed by atoms with E-state index in [0.29, 0.717) is 48.3 Å². The number of aryl methyl sites for hydroxylation is 2. The molecule has 112 valence electrons. The third-order valence-electron chi connectivity index (χ3n) is 4.09. The van der Waals surface area contributed by atoms with E-state index in [1.54, 1.807) is 13.8 Å². The Hall–Kier alpha value is -1.95. The lowest BCUT2D eigenvalue weighted by molar-refractivity contribution is -0.137. The zero-order valence-electron chi connectivity index (χ0n) is 12.2. The Morgan fingerprint density at radius 2 is 2.00 bits per heavy atom. The van der Waals surface area contributed by atoms with Gasteiger partial charge < -0.3 is 9.26 Å². The molecule has 0 bridgehead atoms. The molecule has 1 saturated heterocycles. The number of ether oxygens (including phenoxy) is 1. The molecule has 0 saturated carbocycles. The third kappa shape index (κ3) is 2.51. The van der Waals surface area contributed by atoms with Gasteiger partial charge in [-0.15, -0.1) is 0 Å². The second-order valence-electron chi connectivity index (χ2n) is 5.57. The van der Waals surface area contributed by atoms with Crippen molar-refractivity contribution in [2.45, 2.75) is 26.7 Å². The molecule has 1 aromatic heterocycles. The molecule has 0 atom stereocenters. The SMILES string of the molecule is Cc1noc(C)c1C1=CC(=O)N(CC2CCOCC2)C1=O. The van der Waals surface area contributed by atoms with Crippen molar-refractivity contribution in [2.24, 2.45) is 5.92 Å². The molecule has 2 aliphatic rings. The van der Waals surface area contributed by atoms with Gasteiger partial charge in [-0.05, 0) is 32.6 Å². The molecular formula is C15H18N2O4. The fourth-order valence-corrected chi connectivity index (χ4v) is 2.92. The van der Waals surface area contributed by atoms with Gasteiger partial charge in [-0.2, -0.15) is 0 Å². The summed E-state index contributed by atoms with van der Waals surface area (Å²) >= 11 is 0. The van der Waals surface area contributed by atoms with Crippen LogP contribution in [0.5, 0.6) is 0 Å². The lowest BCUT2D eigenvalue weighted by Gasteiger charge is -2.26. The highest BCUT2D eigenvalue weighted by Crippen LogP contribution is 2.29. The van der Waals surface area contributed by atoms with Gasteiger partial charge >= 0.3 is 0 Å². The normalized spacial score (nSPS) is 20.3. The Morgan fingerprint density at radius 3 is 2.62 bits per heavy atom. The zero-order valence-corrected chi connectivity index (χ0v) is 12.2. The van der Waals surface area contributed by atoms with Crippen LogP contribution in [0.25, 0.3) is 5.57 Å². The third-order valence-corrected chi connectivity index (χ3v) is 4.09. The molecule has 2 amide bonds. The summed E-state index contributed by atoms with van der Waals surface area (Å²) in [4.78, 5) is 26.0. The van der Waals surface area contributed by atoms with Gasteiger partial charge in [0.1, 0.15) is 5.76 Å². The summed E-state index contributed by atoms with van der Waals surface area (Å²) in [6, 6.07) is 0. The van der Waals surface area contributed by atoms with Crippen molar-refractivity contribution < 1.29 is 18.8 Å². The van der Waals surface area contributed by atoms with Crippen molar-refractivity contribution in [3.05, 3.63) is 23.1 Å². The van der Waals surface area contributed by atoms with E-state index in [9.17, 15) is 9.59 Å². The summed E-state index contributed by atoms with van der Waals surface area (Å²) in [6.45, 7) is 5.38. The highest BCUT2D eigenvalue weighted by Gasteiger charge is 2.35. The van der Waals surface area contributed by atoms with Crippen LogP contribution in [0.15, 0.2) is 10.6 Å². The minimum atomic E-state index is -0.249. The minimum absolute atomic E-state index is 0.249. The number of hydrogen-bond donors (Lipinski definition) is 0. The summed E-state index contributed by atoms with van der Waals surface area (Å²) in [7, 11) is 0. The average Bonchev–Trinajstić information content (AvgIpc) is 2.94. The van der Waals surface area contributed by atoms with Crippen molar-refractivity contribution in [1.29, 1.82) is 0 Å². The van der Waals surface area contributed by atoms with Crippen molar-refractivity contribution >= 4 is 17.4 Å². The fraction of sp³-hybridized carbons (Fsp3) is 0.533. The summed E-state index contributed by atoms with van der Waals surface area (Å²) in [5, 5.41) is 3.85. The lowest BCUT2D eigenvalue weighted by Crippen LogP contribution is -2.37. The van der Waals surface area contributed by atoms with Gasteiger partial charge in [0.25, 0.3) is 11.8 Å². The van der Waals surface area contributed by atoms with Crippen LogP contribution in [0.4, 0.5) is 0 Å². The van der Waals surface area contributed by atoms with E-state index >= 15 is 0 Å². The molecule has 6 heteroatoms. The summed E-state index contributed by atoms with van der Waals surface area (Å²) < 4.78 is 10.4. The maximum atomic E-state index is 12.5. The van der Waals surface area contributed by atoms with Gasteiger partial charge in [-0.25, -0.2) is 0 Å². The summed E-state index contributed by atoms with van der Waals surface area (Å²) in [6.07, 6.45) is 3.17. The maximum Gasteiger partial charge on any atom is 0.261 e. The van der Waals surface area contributed by atoms with Crippen LogP contribution in [-0.2, 0) is 14.3 Å². The Balaban J connectivity index is 1.79. The quantitative estimate of drug-likeness (QED) is 0.788. The van der Waals surface area contributed by atoms with E-state index in [0.717, 1.165) is 12.8 Å². The largest absolute Gasteiger partial charge is 0.381 e. The topological polar surface area (TPSA) is 72.6 Å². The maximum absolute atomic E-state index is 12.5. The number of aromatic nitrogens is 1. The van der Waals surface area contributed by atoms with Gasteiger partial charge in [0.15, 0.2) is 0 Å². The van der Waals surface area contributed by atoms with E-state index in [-0.39, 0.29) is 11.8 Å². The highest BCUT2D eigenvalue weighted by molar-refractivity contribution is 6.33. The summed E-state index contributed by atoms with van der Waals surface area (Å²) in [5.41, 5.74) is 1.67. The molecule has 21 heavy (non-hydrogen) atoms. The molecule has 6 nitrogen and oxygen atoms in total. The molecule has 2 aliphatic heterocycles. The van der Waals surface area contributed by atoms with E-state index in [1.807, 2.05) is 0 Å². The second-order valence-corrected chi connectivity index (χ2v) is 5.57. The first kappa shape index (κ1) is 14.0. The molecule has 0 spiro atoms. The fourth-order valence-electron chi connectivity index (χ4n) is 2.92. The first-order chi connectivity index (χ1) is 10.1. The predicted molar refractivity (Wildman–Crippen MR) is 74.2 cm³/mol. The predicted octanol–water partition coefficient (Wildman–Crippen LogP) is 1.47. The van der Waals surface area contributed by atoms with E-state index in [1.165, 1.54) is 11.0 Å². The minimum Gasteiger partial charge on any atom is -0.381 e. The van der Waals surface area contributed by atoms with Gasteiger partial charge in [0, 0.05) is 25.8 Å². The molecule has 3 heterocycles. The molecule has 0 radical (unpaired) electrons. The van der Waals surface area contributed by atoms with E-state index in [4.69, 9.17) is 9.26 Å². The molecule has 0 aromatic carbocycles. The molecule has 0 aliphatic carbocycles. The Labute approximate surface area is 122 Å². The van der Waals surface area contributed by atoms with Crippen molar-refractivity contribution in [3.8, 4) is 0 Å². The van der Waals surface area contributed by atoms with E-state index < -0.39 is 0 Å². The van der Waals surface area contributed by atoms with Crippen LogP contribution < -0.4 is 0 Å². The molecular weight excluding hydrogens is 272 g/mol. The molecule has 1 aromatic rings. The highest BCUT2D eigenvalue weighted by atomic mass is 16.5. The Bertz CT molecular complexity index is 592. The number of hydrogen-bond acceptors (Lipinski definition) is 5. The molecule has 1 fully saturated rings.